The van der Waals surface area contributed by atoms with Gasteiger partial charge in [-0.2, -0.15) is 5.10 Å². The molecule has 2 heterocycles. The molecule has 0 amide bonds. The van der Waals surface area contributed by atoms with Crippen molar-refractivity contribution in [1.29, 1.82) is 0 Å². The largest absolute Gasteiger partial charge is 0.476 e. The topological polar surface area (TPSA) is 84.4 Å². The van der Waals surface area contributed by atoms with Crippen LogP contribution in [0.25, 0.3) is 0 Å². The average Bonchev–Trinajstić information content (AvgIpc) is 2.99. The van der Waals surface area contributed by atoms with Crippen molar-refractivity contribution in [3.8, 4) is 0 Å². The number of aromatic nitrogens is 2. The van der Waals surface area contributed by atoms with E-state index in [-0.39, 0.29) is 5.69 Å². The highest BCUT2D eigenvalue weighted by molar-refractivity contribution is 5.87. The molecule has 0 atom stereocenters. The summed E-state index contributed by atoms with van der Waals surface area (Å²) in [4.78, 5) is 11.0. The first-order valence-electron chi connectivity index (χ1n) is 6.27. The van der Waals surface area contributed by atoms with Gasteiger partial charge in [-0.1, -0.05) is 13.8 Å². The summed E-state index contributed by atoms with van der Waals surface area (Å²) in [5.74, 6) is -1.62. The molecule has 1 aliphatic carbocycles. The first-order valence-corrected chi connectivity index (χ1v) is 6.27. The summed E-state index contributed by atoms with van der Waals surface area (Å²) in [6.45, 7) is 5.16. The third-order valence-corrected chi connectivity index (χ3v) is 3.17. The summed E-state index contributed by atoms with van der Waals surface area (Å²) in [5, 5.41) is 15.6. The molecule has 1 aromatic heterocycles. The molecule has 2 aliphatic rings. The van der Waals surface area contributed by atoms with Gasteiger partial charge in [-0.05, 0) is 6.42 Å². The predicted molar refractivity (Wildman–Crippen MR) is 63.6 cm³/mol. The first kappa shape index (κ1) is 13.0. The molecule has 6 nitrogen and oxygen atoms in total. The van der Waals surface area contributed by atoms with Crippen LogP contribution in [-0.2, 0) is 22.3 Å². The van der Waals surface area contributed by atoms with Crippen molar-refractivity contribution < 1.29 is 19.4 Å². The molecular weight excluding hydrogens is 236 g/mol. The lowest BCUT2D eigenvalue weighted by Gasteiger charge is -2.31. The van der Waals surface area contributed by atoms with Crippen LogP contribution < -0.4 is 0 Å². The van der Waals surface area contributed by atoms with Gasteiger partial charge >= 0.3 is 5.97 Å². The molecule has 0 bridgehead atoms. The molecule has 100 valence electrons. The second-order valence-electron chi connectivity index (χ2n) is 4.12. The normalized spacial score (nSPS) is 20.1. The van der Waals surface area contributed by atoms with E-state index < -0.39 is 11.8 Å². The van der Waals surface area contributed by atoms with E-state index in [0.717, 1.165) is 24.1 Å². The highest BCUT2D eigenvalue weighted by atomic mass is 16.7. The lowest BCUT2D eigenvalue weighted by molar-refractivity contribution is -0.163. The number of nitrogens with zero attached hydrogens (tertiary/aromatic N) is 1. The number of nitrogens with one attached hydrogen (secondary N) is 1. The monoisotopic (exact) mass is 254 g/mol. The van der Waals surface area contributed by atoms with Crippen LogP contribution in [0, 0.1) is 0 Å². The number of fused-ring (bicyclic) bond motifs is 1. The van der Waals surface area contributed by atoms with Crippen LogP contribution >= 0.6 is 0 Å². The van der Waals surface area contributed by atoms with E-state index in [0.29, 0.717) is 19.6 Å². The van der Waals surface area contributed by atoms with Crippen LogP contribution in [0.5, 0.6) is 0 Å². The number of rotatable bonds is 1. The molecule has 3 rings (SSSR count). The molecule has 1 aromatic rings. The quantitative estimate of drug-likeness (QED) is 0.790. The Hall–Kier alpha value is -1.40. The van der Waals surface area contributed by atoms with Crippen molar-refractivity contribution in [3.63, 3.8) is 0 Å². The highest BCUT2D eigenvalue weighted by Crippen LogP contribution is 2.35. The lowest BCUT2D eigenvalue weighted by Crippen LogP contribution is -2.37. The Morgan fingerprint density at radius 3 is 2.67 bits per heavy atom. The molecule has 18 heavy (non-hydrogen) atoms. The van der Waals surface area contributed by atoms with Crippen LogP contribution in [0.4, 0.5) is 0 Å². The van der Waals surface area contributed by atoms with E-state index in [9.17, 15) is 4.79 Å². The zero-order valence-corrected chi connectivity index (χ0v) is 10.7. The van der Waals surface area contributed by atoms with Gasteiger partial charge in [-0.3, -0.25) is 5.10 Å². The zero-order valence-electron chi connectivity index (χ0n) is 10.7. The molecule has 0 aromatic carbocycles. The summed E-state index contributed by atoms with van der Waals surface area (Å²) in [7, 11) is 0. The number of carboxylic acids is 1. The van der Waals surface area contributed by atoms with Gasteiger partial charge in [0.25, 0.3) is 0 Å². The number of hydrogen-bond donors (Lipinski definition) is 2. The number of H-pyrrole nitrogens is 1. The molecule has 2 N–H and O–H groups in total. The third-order valence-electron chi connectivity index (χ3n) is 3.17. The standard InChI is InChI=1S/C10H12N2O4.C2H6/c13-9(14)8-6-5-10(15-3-4-16-10)2-1-7(6)11-12-8;1-2/h1-5H2,(H,11,12)(H,13,14);1-2H3. The number of aromatic amines is 1. The molecular formula is C12H18N2O4. The van der Waals surface area contributed by atoms with E-state index in [1.807, 2.05) is 13.8 Å². The van der Waals surface area contributed by atoms with Crippen molar-refractivity contribution >= 4 is 5.97 Å². The molecule has 1 saturated heterocycles. The fourth-order valence-electron chi connectivity index (χ4n) is 2.39. The first-order chi connectivity index (χ1) is 8.70. The molecule has 1 spiro atoms. The Morgan fingerprint density at radius 1 is 1.39 bits per heavy atom. The fourth-order valence-corrected chi connectivity index (χ4v) is 2.39. The molecule has 0 radical (unpaired) electrons. The summed E-state index contributed by atoms with van der Waals surface area (Å²) in [6, 6.07) is 0. The smallest absolute Gasteiger partial charge is 0.356 e. The predicted octanol–water partition coefficient (Wildman–Crippen LogP) is 1.37. The Kier molecular flexibility index (Phi) is 3.68. The van der Waals surface area contributed by atoms with Crippen LogP contribution in [0.15, 0.2) is 0 Å². The third kappa shape index (κ3) is 2.13. The number of hydrogen-bond acceptors (Lipinski definition) is 4. The number of ether oxygens (including phenoxy) is 2. The van der Waals surface area contributed by atoms with Gasteiger partial charge in [0, 0.05) is 24.1 Å². The minimum absolute atomic E-state index is 0.0909. The summed E-state index contributed by atoms with van der Waals surface area (Å²) in [6.07, 6.45) is 1.94. The van der Waals surface area contributed by atoms with Crippen LogP contribution in [0.1, 0.15) is 42.0 Å². The van der Waals surface area contributed by atoms with Crippen molar-refractivity contribution in [3.05, 3.63) is 17.0 Å². The lowest BCUT2D eigenvalue weighted by atomic mass is 9.90. The van der Waals surface area contributed by atoms with Crippen molar-refractivity contribution in [2.45, 2.75) is 38.9 Å². The summed E-state index contributed by atoms with van der Waals surface area (Å²) < 4.78 is 11.2. The molecule has 0 saturated carbocycles. The molecule has 6 heteroatoms. The zero-order chi connectivity index (χ0) is 13.2. The Bertz CT molecular complexity index is 435. The van der Waals surface area contributed by atoms with Gasteiger partial charge in [0.05, 0.1) is 13.2 Å². The van der Waals surface area contributed by atoms with Crippen LogP contribution in [0.2, 0.25) is 0 Å². The van der Waals surface area contributed by atoms with Crippen LogP contribution in [-0.4, -0.2) is 40.3 Å². The maximum atomic E-state index is 11.0. The number of aryl methyl sites for hydroxylation is 1. The second-order valence-corrected chi connectivity index (χ2v) is 4.12. The minimum atomic E-state index is -1.01. The van der Waals surface area contributed by atoms with Crippen molar-refractivity contribution in [1.82, 2.24) is 10.2 Å². The van der Waals surface area contributed by atoms with Gasteiger partial charge in [-0.25, -0.2) is 4.79 Å². The molecule has 1 aliphatic heterocycles. The van der Waals surface area contributed by atoms with E-state index in [1.165, 1.54) is 0 Å². The van der Waals surface area contributed by atoms with Gasteiger partial charge in [-0.15, -0.1) is 0 Å². The van der Waals surface area contributed by atoms with Gasteiger partial charge in [0.1, 0.15) is 0 Å². The number of carbonyl (C=O) groups is 1. The average molecular weight is 254 g/mol. The van der Waals surface area contributed by atoms with Crippen molar-refractivity contribution in [2.24, 2.45) is 0 Å². The fraction of sp³-hybridized carbons (Fsp3) is 0.667. The number of aromatic carboxylic acids is 1. The molecule has 1 fully saturated rings. The number of carboxylic acid groups (broad SMARTS) is 1. The highest BCUT2D eigenvalue weighted by Gasteiger charge is 2.42. The van der Waals surface area contributed by atoms with Gasteiger partial charge in [0.15, 0.2) is 11.5 Å². The van der Waals surface area contributed by atoms with Gasteiger partial charge in [0.2, 0.25) is 0 Å². The molecule has 0 unspecified atom stereocenters. The Morgan fingerprint density at radius 2 is 2.06 bits per heavy atom. The Labute approximate surface area is 105 Å². The summed E-state index contributed by atoms with van der Waals surface area (Å²) >= 11 is 0. The summed E-state index contributed by atoms with van der Waals surface area (Å²) in [5.41, 5.74) is 1.70. The van der Waals surface area contributed by atoms with E-state index >= 15 is 0 Å². The minimum Gasteiger partial charge on any atom is -0.476 e. The maximum absolute atomic E-state index is 11.0. The SMILES string of the molecule is CC.O=C(O)c1n[nH]c2c1CC1(CC2)OCCO1. The van der Waals surface area contributed by atoms with Crippen molar-refractivity contribution in [2.75, 3.05) is 13.2 Å². The Balaban J connectivity index is 0.000000574. The van der Waals surface area contributed by atoms with Crippen LogP contribution in [0.3, 0.4) is 0 Å². The van der Waals surface area contributed by atoms with E-state index in [1.54, 1.807) is 0 Å². The maximum Gasteiger partial charge on any atom is 0.356 e. The van der Waals surface area contributed by atoms with Gasteiger partial charge < -0.3 is 14.6 Å². The second kappa shape index (κ2) is 5.07. The van der Waals surface area contributed by atoms with E-state index in [2.05, 4.69) is 10.2 Å². The van der Waals surface area contributed by atoms with E-state index in [4.69, 9.17) is 14.6 Å².